The van der Waals surface area contributed by atoms with E-state index in [-0.39, 0.29) is 15.1 Å². The smallest absolute Gasteiger partial charge is 0.338 e. The topological polar surface area (TPSA) is 120 Å². The Morgan fingerprint density at radius 1 is 1.60 bits per heavy atom. The number of aromatic nitrogens is 1. The maximum atomic E-state index is 10.5. The van der Waals surface area contributed by atoms with Gasteiger partial charge in [0.05, 0.1) is 21.3 Å². The maximum Gasteiger partial charge on any atom is 0.338 e. The van der Waals surface area contributed by atoms with Gasteiger partial charge in [0, 0.05) is 0 Å². The van der Waals surface area contributed by atoms with Gasteiger partial charge in [0.15, 0.2) is 5.34 Å². The SMILES string of the molecule is O=C(O)c1c(Cl)cnc(O)c1Br.O=NO. The van der Waals surface area contributed by atoms with Crippen molar-refractivity contribution < 1.29 is 20.2 Å². The average Bonchev–Trinajstić information content (AvgIpc) is 2.13. The van der Waals surface area contributed by atoms with E-state index in [1.165, 1.54) is 5.34 Å². The Morgan fingerprint density at radius 3 is 2.40 bits per heavy atom. The summed E-state index contributed by atoms with van der Waals surface area (Å²) in [6.45, 7) is 0. The number of hydrogen-bond donors (Lipinski definition) is 3. The number of carboxylic acid groups (broad SMARTS) is 1. The third-order valence-corrected chi connectivity index (χ3v) is 2.21. The Hall–Kier alpha value is -1.41. The molecule has 0 radical (unpaired) electrons. The lowest BCUT2D eigenvalue weighted by Gasteiger charge is -2.01. The van der Waals surface area contributed by atoms with Gasteiger partial charge in [-0.15, -0.1) is 4.91 Å². The van der Waals surface area contributed by atoms with Gasteiger partial charge in [0.25, 0.3) is 0 Å². The molecule has 3 N–H and O–H groups in total. The molecular weight excluding hydrogens is 295 g/mol. The minimum absolute atomic E-state index is 0.0116. The molecule has 0 spiro atoms. The van der Waals surface area contributed by atoms with Crippen LogP contribution in [-0.2, 0) is 0 Å². The summed E-state index contributed by atoms with van der Waals surface area (Å²) in [5, 5.41) is 25.5. The normalized spacial score (nSPS) is 8.67. The standard InChI is InChI=1S/C6H3BrClNO3.HNO2/c7-4-3(6(11)12)2(8)1-9-5(4)10;2-1-3/h1H,(H,9,10)(H,11,12);(H,2,3). The molecule has 0 aliphatic rings. The second kappa shape index (κ2) is 6.14. The fraction of sp³-hybridized carbons (Fsp3) is 0. The molecule has 1 heterocycles. The Balaban J connectivity index is 0.000000583. The van der Waals surface area contributed by atoms with Crippen molar-refractivity contribution in [2.45, 2.75) is 0 Å². The van der Waals surface area contributed by atoms with Crippen molar-refractivity contribution in [2.75, 3.05) is 0 Å². The Labute approximate surface area is 96.4 Å². The fourth-order valence-corrected chi connectivity index (χ4v) is 1.48. The predicted octanol–water partition coefficient (Wildman–Crippen LogP) is 2.04. The summed E-state index contributed by atoms with van der Waals surface area (Å²) in [7, 11) is 0. The average molecular weight is 299 g/mol. The third-order valence-electron chi connectivity index (χ3n) is 1.17. The van der Waals surface area contributed by atoms with Crippen LogP contribution in [0.3, 0.4) is 0 Å². The van der Waals surface area contributed by atoms with E-state index in [9.17, 15) is 4.79 Å². The van der Waals surface area contributed by atoms with Crippen LogP contribution in [0.15, 0.2) is 16.0 Å². The van der Waals surface area contributed by atoms with Crippen molar-refractivity contribution in [1.82, 2.24) is 4.98 Å². The molecule has 7 nitrogen and oxygen atoms in total. The summed E-state index contributed by atoms with van der Waals surface area (Å²) < 4.78 is -0.0116. The van der Waals surface area contributed by atoms with Crippen LogP contribution in [0.1, 0.15) is 10.4 Å². The second-order valence-electron chi connectivity index (χ2n) is 2.01. The Kier molecular flexibility index (Phi) is 5.57. The molecule has 0 aliphatic heterocycles. The number of aromatic carboxylic acids is 1. The summed E-state index contributed by atoms with van der Waals surface area (Å²) in [6.07, 6.45) is 1.07. The highest BCUT2D eigenvalue weighted by Gasteiger charge is 2.16. The van der Waals surface area contributed by atoms with E-state index in [2.05, 4.69) is 20.9 Å². The molecule has 0 aliphatic carbocycles. The third kappa shape index (κ3) is 3.68. The maximum absolute atomic E-state index is 10.5. The van der Waals surface area contributed by atoms with Gasteiger partial charge in [-0.05, 0) is 15.9 Å². The predicted molar refractivity (Wildman–Crippen MR) is 53.2 cm³/mol. The molecule has 15 heavy (non-hydrogen) atoms. The number of halogens is 2. The van der Waals surface area contributed by atoms with E-state index in [1.807, 2.05) is 0 Å². The molecule has 1 aromatic rings. The van der Waals surface area contributed by atoms with E-state index in [0.29, 0.717) is 0 Å². The molecular formula is C6H4BrClN2O5. The molecule has 0 unspecified atom stereocenters. The largest absolute Gasteiger partial charge is 0.492 e. The highest BCUT2D eigenvalue weighted by molar-refractivity contribution is 9.10. The van der Waals surface area contributed by atoms with Crippen LogP contribution in [0.25, 0.3) is 0 Å². The first-order chi connectivity index (χ1) is 6.95. The van der Waals surface area contributed by atoms with Crippen molar-refractivity contribution in [2.24, 2.45) is 5.34 Å². The van der Waals surface area contributed by atoms with E-state index >= 15 is 0 Å². The number of nitrogens with zero attached hydrogens (tertiary/aromatic N) is 2. The van der Waals surface area contributed by atoms with Gasteiger partial charge >= 0.3 is 5.97 Å². The molecule has 82 valence electrons. The van der Waals surface area contributed by atoms with E-state index < -0.39 is 11.8 Å². The fourth-order valence-electron chi connectivity index (χ4n) is 0.652. The minimum atomic E-state index is -1.22. The van der Waals surface area contributed by atoms with Crippen molar-refractivity contribution >= 4 is 33.5 Å². The summed E-state index contributed by atoms with van der Waals surface area (Å²) in [4.78, 5) is 22.1. The minimum Gasteiger partial charge on any atom is -0.492 e. The molecule has 0 saturated heterocycles. The lowest BCUT2D eigenvalue weighted by atomic mass is 10.3. The zero-order valence-corrected chi connectivity index (χ0v) is 9.23. The lowest BCUT2D eigenvalue weighted by molar-refractivity contribution is 0.0695. The van der Waals surface area contributed by atoms with Crippen molar-refractivity contribution in [1.29, 1.82) is 0 Å². The molecule has 1 aromatic heterocycles. The van der Waals surface area contributed by atoms with Gasteiger partial charge in [0.1, 0.15) is 0 Å². The Morgan fingerprint density at radius 2 is 2.07 bits per heavy atom. The number of rotatable bonds is 1. The van der Waals surface area contributed by atoms with Crippen LogP contribution in [0, 0.1) is 4.91 Å². The van der Waals surface area contributed by atoms with Gasteiger partial charge in [-0.25, -0.2) is 9.78 Å². The zero-order valence-electron chi connectivity index (χ0n) is 6.89. The van der Waals surface area contributed by atoms with Gasteiger partial charge in [-0.3, -0.25) is 0 Å². The van der Waals surface area contributed by atoms with E-state index in [4.69, 9.17) is 31.9 Å². The van der Waals surface area contributed by atoms with Gasteiger partial charge < -0.3 is 15.4 Å². The zero-order chi connectivity index (χ0) is 12.0. The molecule has 0 fully saturated rings. The number of pyridine rings is 1. The highest BCUT2D eigenvalue weighted by Crippen LogP contribution is 2.30. The van der Waals surface area contributed by atoms with Crippen LogP contribution < -0.4 is 0 Å². The summed E-state index contributed by atoms with van der Waals surface area (Å²) >= 11 is 8.37. The first-order valence-electron chi connectivity index (χ1n) is 3.18. The quantitative estimate of drug-likeness (QED) is 0.539. The first-order valence-corrected chi connectivity index (χ1v) is 4.35. The van der Waals surface area contributed by atoms with Gasteiger partial charge in [0.2, 0.25) is 5.88 Å². The van der Waals surface area contributed by atoms with Crippen molar-refractivity contribution in [3.05, 3.63) is 26.2 Å². The molecule has 0 saturated carbocycles. The Bertz CT molecular complexity index is 386. The molecule has 0 bridgehead atoms. The second-order valence-corrected chi connectivity index (χ2v) is 3.21. The van der Waals surface area contributed by atoms with E-state index in [0.717, 1.165) is 6.20 Å². The summed E-state index contributed by atoms with van der Waals surface area (Å²) in [5.41, 5.74) is -0.191. The monoisotopic (exact) mass is 298 g/mol. The molecule has 0 atom stereocenters. The molecule has 0 aromatic carbocycles. The summed E-state index contributed by atoms with van der Waals surface area (Å²) in [5.74, 6) is -1.61. The van der Waals surface area contributed by atoms with Crippen LogP contribution in [-0.4, -0.2) is 26.4 Å². The number of carbonyl (C=O) groups is 1. The van der Waals surface area contributed by atoms with Gasteiger partial charge in [-0.2, -0.15) is 0 Å². The van der Waals surface area contributed by atoms with E-state index in [1.54, 1.807) is 0 Å². The van der Waals surface area contributed by atoms with Crippen molar-refractivity contribution in [3.8, 4) is 5.88 Å². The molecule has 1 rings (SSSR count). The lowest BCUT2D eigenvalue weighted by Crippen LogP contribution is -1.99. The number of carboxylic acids is 1. The van der Waals surface area contributed by atoms with Gasteiger partial charge in [-0.1, -0.05) is 11.6 Å². The molecule has 9 heteroatoms. The van der Waals surface area contributed by atoms with Crippen LogP contribution in [0.2, 0.25) is 5.02 Å². The van der Waals surface area contributed by atoms with Crippen molar-refractivity contribution in [3.63, 3.8) is 0 Å². The summed E-state index contributed by atoms with van der Waals surface area (Å²) in [6, 6.07) is 0. The molecule has 0 amide bonds. The first kappa shape index (κ1) is 13.6. The number of hydrogen-bond acceptors (Lipinski definition) is 5. The van der Waals surface area contributed by atoms with Crippen LogP contribution >= 0.6 is 27.5 Å². The van der Waals surface area contributed by atoms with Crippen LogP contribution in [0.5, 0.6) is 5.88 Å². The van der Waals surface area contributed by atoms with Crippen LogP contribution in [0.4, 0.5) is 0 Å². The highest BCUT2D eigenvalue weighted by atomic mass is 79.9. The number of aromatic hydroxyl groups is 1.